The summed E-state index contributed by atoms with van der Waals surface area (Å²) in [7, 11) is 0. The first kappa shape index (κ1) is 16.0. The van der Waals surface area contributed by atoms with E-state index in [1.807, 2.05) is 18.7 Å². The number of carbonyl (C=O) groups is 2. The highest BCUT2D eigenvalue weighted by Crippen LogP contribution is 2.22. The Labute approximate surface area is 115 Å². The largest absolute Gasteiger partial charge is 0.356 e. The second kappa shape index (κ2) is 7.48. The smallest absolute Gasteiger partial charge is 0.224 e. The van der Waals surface area contributed by atoms with Crippen molar-refractivity contribution >= 4 is 11.8 Å². The molecular formula is C14H27N3O2. The highest BCUT2D eigenvalue weighted by atomic mass is 16.2. The molecule has 1 fully saturated rings. The van der Waals surface area contributed by atoms with Crippen molar-refractivity contribution in [1.29, 1.82) is 0 Å². The molecule has 1 saturated heterocycles. The third-order valence-corrected chi connectivity index (χ3v) is 3.57. The highest BCUT2D eigenvalue weighted by molar-refractivity contribution is 5.79. The monoisotopic (exact) mass is 269 g/mol. The molecule has 1 heterocycles. The number of amides is 2. The predicted octanol–water partition coefficient (Wildman–Crippen LogP) is 0.735. The van der Waals surface area contributed by atoms with Crippen molar-refractivity contribution in [3.8, 4) is 0 Å². The second-order valence-corrected chi connectivity index (χ2v) is 5.93. The van der Waals surface area contributed by atoms with Crippen LogP contribution in [0.25, 0.3) is 0 Å². The number of nitrogens with two attached hydrogens (primary N) is 1. The number of rotatable bonds is 6. The van der Waals surface area contributed by atoms with E-state index in [9.17, 15) is 9.59 Å². The van der Waals surface area contributed by atoms with E-state index < -0.39 is 0 Å². The van der Waals surface area contributed by atoms with Gasteiger partial charge in [0.25, 0.3) is 0 Å². The molecule has 0 aromatic carbocycles. The van der Waals surface area contributed by atoms with E-state index >= 15 is 0 Å². The van der Waals surface area contributed by atoms with Gasteiger partial charge in [-0.3, -0.25) is 9.59 Å². The molecule has 110 valence electrons. The van der Waals surface area contributed by atoms with Crippen LogP contribution in [0, 0.1) is 11.8 Å². The van der Waals surface area contributed by atoms with Gasteiger partial charge in [-0.15, -0.1) is 0 Å². The Balaban J connectivity index is 2.26. The standard InChI is InChI=1S/C14H27N3O2/c1-10(2)6-13(18)16-5-4-14(19)17-9-12(8-15)7-11(17)3/h10-12H,4-9,15H2,1-3H3,(H,16,18). The topological polar surface area (TPSA) is 75.4 Å². The Kier molecular flexibility index (Phi) is 6.28. The molecule has 19 heavy (non-hydrogen) atoms. The van der Waals surface area contributed by atoms with Gasteiger partial charge in [-0.25, -0.2) is 0 Å². The molecule has 0 aromatic rings. The van der Waals surface area contributed by atoms with E-state index in [-0.39, 0.29) is 17.9 Å². The first-order chi connectivity index (χ1) is 8.93. The molecule has 0 saturated carbocycles. The number of nitrogens with zero attached hydrogens (tertiary/aromatic N) is 1. The lowest BCUT2D eigenvalue weighted by atomic mass is 10.1. The van der Waals surface area contributed by atoms with Crippen LogP contribution in [0.2, 0.25) is 0 Å². The van der Waals surface area contributed by atoms with E-state index in [2.05, 4.69) is 12.2 Å². The molecule has 5 nitrogen and oxygen atoms in total. The van der Waals surface area contributed by atoms with Crippen LogP contribution < -0.4 is 11.1 Å². The lowest BCUT2D eigenvalue weighted by Gasteiger charge is -2.21. The summed E-state index contributed by atoms with van der Waals surface area (Å²) in [4.78, 5) is 25.4. The molecule has 0 spiro atoms. The van der Waals surface area contributed by atoms with Gasteiger partial charge in [0.2, 0.25) is 11.8 Å². The zero-order valence-electron chi connectivity index (χ0n) is 12.3. The molecule has 1 aliphatic rings. The van der Waals surface area contributed by atoms with Gasteiger partial charge in [0, 0.05) is 32.0 Å². The normalized spacial score (nSPS) is 22.9. The minimum atomic E-state index is 0.0251. The molecule has 2 amide bonds. The Morgan fingerprint density at radius 3 is 2.63 bits per heavy atom. The summed E-state index contributed by atoms with van der Waals surface area (Å²) < 4.78 is 0. The minimum absolute atomic E-state index is 0.0251. The van der Waals surface area contributed by atoms with Crippen LogP contribution >= 0.6 is 0 Å². The number of hydrogen-bond acceptors (Lipinski definition) is 3. The molecule has 1 aliphatic heterocycles. The van der Waals surface area contributed by atoms with Crippen molar-refractivity contribution in [3.63, 3.8) is 0 Å². The molecule has 5 heteroatoms. The van der Waals surface area contributed by atoms with Gasteiger partial charge in [-0.1, -0.05) is 13.8 Å². The second-order valence-electron chi connectivity index (χ2n) is 5.93. The first-order valence-corrected chi connectivity index (χ1v) is 7.20. The highest BCUT2D eigenvalue weighted by Gasteiger charge is 2.30. The van der Waals surface area contributed by atoms with Crippen LogP contribution in [-0.2, 0) is 9.59 Å². The van der Waals surface area contributed by atoms with E-state index in [1.165, 1.54) is 0 Å². The average Bonchev–Trinajstić information content (AvgIpc) is 2.69. The van der Waals surface area contributed by atoms with E-state index in [4.69, 9.17) is 5.73 Å². The van der Waals surface area contributed by atoms with Crippen LogP contribution in [0.1, 0.15) is 40.0 Å². The molecule has 3 N–H and O–H groups in total. The Hall–Kier alpha value is -1.10. The van der Waals surface area contributed by atoms with Gasteiger partial charge in [0.15, 0.2) is 0 Å². The lowest BCUT2D eigenvalue weighted by Crippen LogP contribution is -2.37. The Morgan fingerprint density at radius 1 is 1.42 bits per heavy atom. The van der Waals surface area contributed by atoms with Crippen LogP contribution in [-0.4, -0.2) is 42.4 Å². The number of likely N-dealkylation sites (tertiary alicyclic amines) is 1. The molecule has 0 radical (unpaired) electrons. The first-order valence-electron chi connectivity index (χ1n) is 7.20. The molecule has 0 aliphatic carbocycles. The summed E-state index contributed by atoms with van der Waals surface area (Å²) in [6, 6.07) is 0.271. The van der Waals surface area contributed by atoms with Crippen LogP contribution in [0.4, 0.5) is 0 Å². The van der Waals surface area contributed by atoms with Crippen molar-refractivity contribution in [3.05, 3.63) is 0 Å². The van der Waals surface area contributed by atoms with Gasteiger partial charge in [-0.2, -0.15) is 0 Å². The summed E-state index contributed by atoms with van der Waals surface area (Å²) in [6.45, 7) is 7.90. The SMILES string of the molecule is CC(C)CC(=O)NCCC(=O)N1CC(CN)CC1C. The van der Waals surface area contributed by atoms with Crippen molar-refractivity contribution < 1.29 is 9.59 Å². The third kappa shape index (κ3) is 5.19. The van der Waals surface area contributed by atoms with Gasteiger partial charge in [0.05, 0.1) is 0 Å². The number of nitrogens with one attached hydrogen (secondary N) is 1. The molecule has 0 bridgehead atoms. The number of hydrogen-bond donors (Lipinski definition) is 2. The molecule has 0 aromatic heterocycles. The van der Waals surface area contributed by atoms with Crippen molar-refractivity contribution in [2.45, 2.75) is 46.1 Å². The van der Waals surface area contributed by atoms with Gasteiger partial charge in [0.1, 0.15) is 0 Å². The van der Waals surface area contributed by atoms with Crippen LogP contribution in [0.15, 0.2) is 0 Å². The number of carbonyl (C=O) groups excluding carboxylic acids is 2. The summed E-state index contributed by atoms with van der Waals surface area (Å²) in [5.41, 5.74) is 5.65. The molecular weight excluding hydrogens is 242 g/mol. The maximum Gasteiger partial charge on any atom is 0.224 e. The quantitative estimate of drug-likeness (QED) is 0.746. The van der Waals surface area contributed by atoms with E-state index in [0.29, 0.717) is 37.8 Å². The zero-order valence-corrected chi connectivity index (χ0v) is 12.3. The fraction of sp³-hybridized carbons (Fsp3) is 0.857. The van der Waals surface area contributed by atoms with Gasteiger partial charge in [-0.05, 0) is 31.7 Å². The minimum Gasteiger partial charge on any atom is -0.356 e. The van der Waals surface area contributed by atoms with Gasteiger partial charge < -0.3 is 16.0 Å². The van der Waals surface area contributed by atoms with Crippen molar-refractivity contribution in [2.75, 3.05) is 19.6 Å². The molecule has 1 rings (SSSR count). The van der Waals surface area contributed by atoms with E-state index in [0.717, 1.165) is 13.0 Å². The summed E-state index contributed by atoms with van der Waals surface area (Å²) in [5, 5.41) is 2.80. The zero-order chi connectivity index (χ0) is 14.4. The van der Waals surface area contributed by atoms with Crippen molar-refractivity contribution in [1.82, 2.24) is 10.2 Å². The Morgan fingerprint density at radius 2 is 2.11 bits per heavy atom. The molecule has 2 atom stereocenters. The van der Waals surface area contributed by atoms with Gasteiger partial charge >= 0.3 is 0 Å². The summed E-state index contributed by atoms with van der Waals surface area (Å²) in [5.74, 6) is 0.916. The lowest BCUT2D eigenvalue weighted by molar-refractivity contribution is -0.131. The van der Waals surface area contributed by atoms with E-state index in [1.54, 1.807) is 0 Å². The van der Waals surface area contributed by atoms with Crippen LogP contribution in [0.5, 0.6) is 0 Å². The van der Waals surface area contributed by atoms with Crippen molar-refractivity contribution in [2.24, 2.45) is 17.6 Å². The fourth-order valence-corrected chi connectivity index (χ4v) is 2.56. The van der Waals surface area contributed by atoms with Crippen LogP contribution in [0.3, 0.4) is 0 Å². The molecule has 2 unspecified atom stereocenters. The maximum absolute atomic E-state index is 12.1. The summed E-state index contributed by atoms with van der Waals surface area (Å²) in [6.07, 6.45) is 1.89. The summed E-state index contributed by atoms with van der Waals surface area (Å²) >= 11 is 0. The average molecular weight is 269 g/mol. The maximum atomic E-state index is 12.1. The third-order valence-electron chi connectivity index (χ3n) is 3.57. The fourth-order valence-electron chi connectivity index (χ4n) is 2.56. The Bertz CT molecular complexity index is 318. The predicted molar refractivity (Wildman–Crippen MR) is 75.4 cm³/mol.